The van der Waals surface area contributed by atoms with Crippen molar-refractivity contribution in [2.24, 2.45) is 17.6 Å². The Morgan fingerprint density at radius 3 is 3.00 bits per heavy atom. The Kier molecular flexibility index (Phi) is 4.01. The molecule has 0 saturated heterocycles. The molecule has 0 unspecified atom stereocenters. The predicted octanol–water partition coefficient (Wildman–Crippen LogP) is 1.86. The molecule has 2 rings (SSSR count). The minimum Gasteiger partial charge on any atom is -0.359 e. The average molecular weight is 251 g/mol. The van der Waals surface area contributed by atoms with E-state index in [-0.39, 0.29) is 11.8 Å². The average Bonchev–Trinajstić information content (AvgIpc) is 2.97. The van der Waals surface area contributed by atoms with E-state index < -0.39 is 0 Å². The van der Waals surface area contributed by atoms with Gasteiger partial charge in [-0.15, -0.1) is 0 Å². The first kappa shape index (κ1) is 13.1. The van der Waals surface area contributed by atoms with Crippen molar-refractivity contribution in [2.75, 3.05) is 11.9 Å². The van der Waals surface area contributed by atoms with Crippen LogP contribution >= 0.6 is 0 Å². The molecule has 18 heavy (non-hydrogen) atoms. The molecule has 1 aliphatic rings. The van der Waals surface area contributed by atoms with Gasteiger partial charge >= 0.3 is 0 Å². The lowest BCUT2D eigenvalue weighted by atomic mass is 9.95. The fourth-order valence-corrected chi connectivity index (χ4v) is 2.70. The largest absolute Gasteiger partial charge is 0.359 e. The van der Waals surface area contributed by atoms with Crippen LogP contribution in [0.4, 0.5) is 5.69 Å². The van der Waals surface area contributed by atoms with Gasteiger partial charge in [0.2, 0.25) is 5.91 Å². The van der Waals surface area contributed by atoms with Crippen molar-refractivity contribution in [3.8, 4) is 0 Å². The van der Waals surface area contributed by atoms with Gasteiger partial charge in [0.25, 0.3) is 0 Å². The normalized spacial score (nSPS) is 23.3. The Morgan fingerprint density at radius 2 is 2.33 bits per heavy atom. The summed E-state index contributed by atoms with van der Waals surface area (Å²) in [6.07, 6.45) is 3.82. The SMILES string of the molecule is CCc1noc(C)c1NC(=O)[C@@H]1CCC[C@@H]1CN. The molecule has 0 radical (unpaired) electrons. The van der Waals surface area contributed by atoms with E-state index >= 15 is 0 Å². The molecule has 1 saturated carbocycles. The number of nitrogens with two attached hydrogens (primary N) is 1. The maximum Gasteiger partial charge on any atom is 0.227 e. The molecule has 1 aromatic rings. The summed E-state index contributed by atoms with van der Waals surface area (Å²) >= 11 is 0. The molecule has 0 spiro atoms. The molecule has 5 heteroatoms. The molecule has 1 aromatic heterocycles. The molecule has 1 fully saturated rings. The molecular weight excluding hydrogens is 230 g/mol. The lowest BCUT2D eigenvalue weighted by Gasteiger charge is -2.17. The monoisotopic (exact) mass is 251 g/mol. The second-order valence-electron chi connectivity index (χ2n) is 4.94. The highest BCUT2D eigenvalue weighted by atomic mass is 16.5. The summed E-state index contributed by atoms with van der Waals surface area (Å²) in [6.45, 7) is 4.39. The van der Waals surface area contributed by atoms with Gasteiger partial charge < -0.3 is 15.6 Å². The number of nitrogens with zero attached hydrogens (tertiary/aromatic N) is 1. The molecule has 2 atom stereocenters. The van der Waals surface area contributed by atoms with E-state index in [0.717, 1.165) is 37.1 Å². The number of aryl methyl sites for hydroxylation is 2. The van der Waals surface area contributed by atoms with Crippen molar-refractivity contribution >= 4 is 11.6 Å². The number of nitrogens with one attached hydrogen (secondary N) is 1. The third-order valence-corrected chi connectivity index (χ3v) is 3.82. The van der Waals surface area contributed by atoms with Crippen LogP contribution in [-0.2, 0) is 11.2 Å². The highest BCUT2D eigenvalue weighted by Crippen LogP contribution is 2.32. The minimum atomic E-state index is 0.0361. The Balaban J connectivity index is 2.09. The summed E-state index contributed by atoms with van der Waals surface area (Å²) in [4.78, 5) is 12.3. The van der Waals surface area contributed by atoms with Crippen molar-refractivity contribution in [2.45, 2.75) is 39.5 Å². The zero-order valence-electron chi connectivity index (χ0n) is 11.0. The van der Waals surface area contributed by atoms with E-state index in [9.17, 15) is 4.79 Å². The molecule has 1 aliphatic carbocycles. The molecule has 100 valence electrons. The maximum absolute atomic E-state index is 12.3. The molecule has 1 heterocycles. The summed E-state index contributed by atoms with van der Waals surface area (Å²) in [6, 6.07) is 0. The van der Waals surface area contributed by atoms with Gasteiger partial charge in [-0.2, -0.15) is 0 Å². The van der Waals surface area contributed by atoms with E-state index in [2.05, 4.69) is 10.5 Å². The molecule has 0 bridgehead atoms. The molecule has 5 nitrogen and oxygen atoms in total. The van der Waals surface area contributed by atoms with Gasteiger partial charge in [-0.1, -0.05) is 18.5 Å². The lowest BCUT2D eigenvalue weighted by molar-refractivity contribution is -0.120. The van der Waals surface area contributed by atoms with Crippen LogP contribution < -0.4 is 11.1 Å². The van der Waals surface area contributed by atoms with Crippen molar-refractivity contribution in [3.05, 3.63) is 11.5 Å². The van der Waals surface area contributed by atoms with Crippen molar-refractivity contribution in [3.63, 3.8) is 0 Å². The lowest BCUT2D eigenvalue weighted by Crippen LogP contribution is -2.30. The van der Waals surface area contributed by atoms with Gasteiger partial charge in [0.05, 0.1) is 0 Å². The van der Waals surface area contributed by atoms with E-state index in [1.165, 1.54) is 0 Å². The Morgan fingerprint density at radius 1 is 1.56 bits per heavy atom. The second-order valence-corrected chi connectivity index (χ2v) is 4.94. The van der Waals surface area contributed by atoms with Crippen LogP contribution in [0, 0.1) is 18.8 Å². The quantitative estimate of drug-likeness (QED) is 0.855. The topological polar surface area (TPSA) is 81.2 Å². The second kappa shape index (κ2) is 5.52. The van der Waals surface area contributed by atoms with Gasteiger partial charge in [-0.05, 0) is 38.6 Å². The van der Waals surface area contributed by atoms with Gasteiger partial charge in [-0.25, -0.2) is 0 Å². The van der Waals surface area contributed by atoms with E-state index in [0.29, 0.717) is 18.2 Å². The Labute approximate surface area is 107 Å². The van der Waals surface area contributed by atoms with Crippen LogP contribution in [0.25, 0.3) is 0 Å². The smallest absolute Gasteiger partial charge is 0.227 e. The molecule has 0 aromatic carbocycles. The van der Waals surface area contributed by atoms with Gasteiger partial charge in [0, 0.05) is 5.92 Å². The number of carbonyl (C=O) groups is 1. The molecular formula is C13H21N3O2. The molecule has 0 aliphatic heterocycles. The van der Waals surface area contributed by atoms with Crippen molar-refractivity contribution < 1.29 is 9.32 Å². The number of carbonyl (C=O) groups excluding carboxylic acids is 1. The van der Waals surface area contributed by atoms with Crippen LogP contribution in [0.15, 0.2) is 4.52 Å². The minimum absolute atomic E-state index is 0.0361. The van der Waals surface area contributed by atoms with Crippen LogP contribution in [0.5, 0.6) is 0 Å². The number of hydrogen-bond acceptors (Lipinski definition) is 4. The Hall–Kier alpha value is -1.36. The highest BCUT2D eigenvalue weighted by molar-refractivity contribution is 5.93. The van der Waals surface area contributed by atoms with Crippen molar-refractivity contribution in [1.29, 1.82) is 0 Å². The van der Waals surface area contributed by atoms with Gasteiger partial charge in [0.15, 0.2) is 5.76 Å². The number of rotatable bonds is 4. The third kappa shape index (κ3) is 2.41. The summed E-state index contributed by atoms with van der Waals surface area (Å²) in [5.74, 6) is 1.08. The van der Waals surface area contributed by atoms with Crippen molar-refractivity contribution in [1.82, 2.24) is 5.16 Å². The van der Waals surface area contributed by atoms with E-state index in [1.54, 1.807) is 0 Å². The molecule has 1 amide bonds. The number of hydrogen-bond donors (Lipinski definition) is 2. The van der Waals surface area contributed by atoms with E-state index in [4.69, 9.17) is 10.3 Å². The van der Waals surface area contributed by atoms with Crippen LogP contribution in [-0.4, -0.2) is 17.6 Å². The third-order valence-electron chi connectivity index (χ3n) is 3.82. The highest BCUT2D eigenvalue weighted by Gasteiger charge is 2.32. The molecule has 3 N–H and O–H groups in total. The number of amides is 1. The zero-order chi connectivity index (χ0) is 13.1. The zero-order valence-corrected chi connectivity index (χ0v) is 11.0. The summed E-state index contributed by atoms with van der Waals surface area (Å²) in [5, 5.41) is 6.90. The van der Waals surface area contributed by atoms with E-state index in [1.807, 2.05) is 13.8 Å². The fraction of sp³-hybridized carbons (Fsp3) is 0.692. The first-order chi connectivity index (χ1) is 8.67. The summed E-state index contributed by atoms with van der Waals surface area (Å²) in [5.41, 5.74) is 7.26. The first-order valence-corrected chi connectivity index (χ1v) is 6.63. The fourth-order valence-electron chi connectivity index (χ4n) is 2.70. The van der Waals surface area contributed by atoms with Gasteiger partial charge in [-0.3, -0.25) is 4.79 Å². The van der Waals surface area contributed by atoms with Crippen LogP contribution in [0.3, 0.4) is 0 Å². The van der Waals surface area contributed by atoms with Gasteiger partial charge in [0.1, 0.15) is 11.4 Å². The first-order valence-electron chi connectivity index (χ1n) is 6.63. The Bertz CT molecular complexity index is 428. The van der Waals surface area contributed by atoms with Crippen LogP contribution in [0.1, 0.15) is 37.6 Å². The summed E-state index contributed by atoms with van der Waals surface area (Å²) < 4.78 is 5.11. The maximum atomic E-state index is 12.3. The summed E-state index contributed by atoms with van der Waals surface area (Å²) in [7, 11) is 0. The number of anilines is 1. The number of aromatic nitrogens is 1. The predicted molar refractivity (Wildman–Crippen MR) is 69.1 cm³/mol. The standard InChI is InChI=1S/C13H21N3O2/c1-3-11-12(8(2)18-16-11)15-13(17)10-6-4-5-9(10)7-14/h9-10H,3-7,14H2,1-2H3,(H,15,17)/t9-,10-/m1/s1. The van der Waals surface area contributed by atoms with Crippen LogP contribution in [0.2, 0.25) is 0 Å².